The molecule has 3 rings (SSSR count). The number of amides is 1. The first-order valence-corrected chi connectivity index (χ1v) is 9.16. The standard InChI is InChI=1S/C23H21NO5/c25-22(24-15-16-27-18-9-3-1-4-10-18)17-28-23(26)20-13-7-8-14-21(20)29-19-11-5-2-6-12-19/h1-14H,15-17H2,(H,24,25). The van der Waals surface area contributed by atoms with Crippen molar-refractivity contribution in [3.8, 4) is 17.2 Å². The maximum atomic E-state index is 12.4. The molecule has 0 saturated carbocycles. The highest BCUT2D eigenvalue weighted by Crippen LogP contribution is 2.25. The van der Waals surface area contributed by atoms with Crippen LogP contribution in [0.3, 0.4) is 0 Å². The lowest BCUT2D eigenvalue weighted by atomic mass is 10.2. The van der Waals surface area contributed by atoms with Crippen LogP contribution in [0.5, 0.6) is 17.2 Å². The van der Waals surface area contributed by atoms with E-state index in [2.05, 4.69) is 5.32 Å². The van der Waals surface area contributed by atoms with Gasteiger partial charge in [0.2, 0.25) is 0 Å². The molecular formula is C23H21NO5. The number of carbonyl (C=O) groups is 2. The largest absolute Gasteiger partial charge is 0.492 e. The van der Waals surface area contributed by atoms with E-state index in [9.17, 15) is 9.59 Å². The number of ether oxygens (including phenoxy) is 3. The number of esters is 1. The topological polar surface area (TPSA) is 73.9 Å². The summed E-state index contributed by atoms with van der Waals surface area (Å²) in [6, 6.07) is 25.1. The number of carbonyl (C=O) groups excluding carboxylic acids is 2. The molecule has 0 bridgehead atoms. The van der Waals surface area contributed by atoms with E-state index in [-0.39, 0.29) is 12.2 Å². The number of hydrogen-bond donors (Lipinski definition) is 1. The van der Waals surface area contributed by atoms with E-state index in [1.807, 2.05) is 48.5 Å². The highest BCUT2D eigenvalue weighted by molar-refractivity contribution is 5.94. The zero-order valence-electron chi connectivity index (χ0n) is 15.7. The summed E-state index contributed by atoms with van der Waals surface area (Å²) in [7, 11) is 0. The summed E-state index contributed by atoms with van der Waals surface area (Å²) in [4.78, 5) is 24.3. The molecule has 0 aliphatic heterocycles. The maximum Gasteiger partial charge on any atom is 0.342 e. The zero-order valence-corrected chi connectivity index (χ0v) is 15.7. The predicted molar refractivity (Wildman–Crippen MR) is 108 cm³/mol. The van der Waals surface area contributed by atoms with Crippen LogP contribution in [0.2, 0.25) is 0 Å². The number of para-hydroxylation sites is 3. The number of benzene rings is 3. The second-order valence-corrected chi connectivity index (χ2v) is 6.00. The van der Waals surface area contributed by atoms with Crippen LogP contribution in [-0.2, 0) is 9.53 Å². The van der Waals surface area contributed by atoms with Crippen LogP contribution in [-0.4, -0.2) is 31.6 Å². The van der Waals surface area contributed by atoms with Crippen LogP contribution in [0.25, 0.3) is 0 Å². The molecule has 0 aromatic heterocycles. The predicted octanol–water partition coefficient (Wildman–Crippen LogP) is 3.83. The number of rotatable bonds is 9. The Hall–Kier alpha value is -3.80. The first-order chi connectivity index (χ1) is 14.2. The van der Waals surface area contributed by atoms with Crippen LogP contribution in [0.15, 0.2) is 84.9 Å². The zero-order chi connectivity index (χ0) is 20.3. The molecule has 0 spiro atoms. The molecule has 1 N–H and O–H groups in total. The third-order valence-corrected chi connectivity index (χ3v) is 3.85. The van der Waals surface area contributed by atoms with E-state index in [4.69, 9.17) is 14.2 Å². The van der Waals surface area contributed by atoms with Crippen molar-refractivity contribution < 1.29 is 23.8 Å². The van der Waals surface area contributed by atoms with Gasteiger partial charge in [0.1, 0.15) is 29.4 Å². The monoisotopic (exact) mass is 391 g/mol. The molecule has 0 radical (unpaired) electrons. The Labute approximate surface area is 169 Å². The minimum Gasteiger partial charge on any atom is -0.492 e. The average molecular weight is 391 g/mol. The first-order valence-electron chi connectivity index (χ1n) is 9.16. The fourth-order valence-electron chi connectivity index (χ4n) is 2.48. The molecule has 0 unspecified atom stereocenters. The fourth-order valence-corrected chi connectivity index (χ4v) is 2.48. The van der Waals surface area contributed by atoms with E-state index >= 15 is 0 Å². The molecular weight excluding hydrogens is 370 g/mol. The Morgan fingerprint density at radius 3 is 2.10 bits per heavy atom. The molecule has 0 fully saturated rings. The van der Waals surface area contributed by atoms with Crippen molar-refractivity contribution in [1.82, 2.24) is 5.32 Å². The second kappa shape index (κ2) is 10.5. The lowest BCUT2D eigenvalue weighted by molar-refractivity contribution is -0.124. The van der Waals surface area contributed by atoms with Gasteiger partial charge in [0.25, 0.3) is 5.91 Å². The summed E-state index contributed by atoms with van der Waals surface area (Å²) in [5.74, 6) is 0.649. The van der Waals surface area contributed by atoms with Crippen molar-refractivity contribution in [1.29, 1.82) is 0 Å². The van der Waals surface area contributed by atoms with Gasteiger partial charge in [0.05, 0.1) is 6.54 Å². The van der Waals surface area contributed by atoms with Gasteiger partial charge in [-0.25, -0.2) is 4.79 Å². The summed E-state index contributed by atoms with van der Waals surface area (Å²) in [6.45, 7) is 0.236. The van der Waals surface area contributed by atoms with E-state index < -0.39 is 11.9 Å². The molecule has 0 heterocycles. The number of nitrogens with one attached hydrogen (secondary N) is 1. The smallest absolute Gasteiger partial charge is 0.342 e. The van der Waals surface area contributed by atoms with Crippen LogP contribution < -0.4 is 14.8 Å². The SMILES string of the molecule is O=C(COC(=O)c1ccccc1Oc1ccccc1)NCCOc1ccccc1. The van der Waals surface area contributed by atoms with Crippen molar-refractivity contribution in [2.75, 3.05) is 19.8 Å². The molecule has 148 valence electrons. The number of hydrogen-bond acceptors (Lipinski definition) is 5. The molecule has 1 amide bonds. The molecule has 6 heteroatoms. The maximum absolute atomic E-state index is 12.4. The Kier molecular flexibility index (Phi) is 7.23. The average Bonchev–Trinajstić information content (AvgIpc) is 2.77. The van der Waals surface area contributed by atoms with Crippen molar-refractivity contribution in [3.63, 3.8) is 0 Å². The molecule has 6 nitrogen and oxygen atoms in total. The molecule has 0 saturated heterocycles. The van der Waals surface area contributed by atoms with Crippen molar-refractivity contribution in [3.05, 3.63) is 90.5 Å². The molecule has 3 aromatic carbocycles. The highest BCUT2D eigenvalue weighted by atomic mass is 16.5. The summed E-state index contributed by atoms with van der Waals surface area (Å²) < 4.78 is 16.3. The van der Waals surface area contributed by atoms with E-state index in [0.717, 1.165) is 5.75 Å². The fraction of sp³-hybridized carbons (Fsp3) is 0.130. The van der Waals surface area contributed by atoms with Gasteiger partial charge in [-0.1, -0.05) is 48.5 Å². The molecule has 3 aromatic rings. The lowest BCUT2D eigenvalue weighted by Gasteiger charge is -2.11. The van der Waals surface area contributed by atoms with Gasteiger partial charge in [-0.2, -0.15) is 0 Å². The van der Waals surface area contributed by atoms with Crippen LogP contribution in [0.1, 0.15) is 10.4 Å². The van der Waals surface area contributed by atoms with Crippen LogP contribution >= 0.6 is 0 Å². The Balaban J connectivity index is 1.45. The highest BCUT2D eigenvalue weighted by Gasteiger charge is 2.15. The van der Waals surface area contributed by atoms with Gasteiger partial charge in [-0.15, -0.1) is 0 Å². The van der Waals surface area contributed by atoms with Gasteiger partial charge in [0, 0.05) is 0 Å². The molecule has 0 aliphatic rings. The minimum absolute atomic E-state index is 0.247. The van der Waals surface area contributed by atoms with Crippen molar-refractivity contribution in [2.45, 2.75) is 0 Å². The molecule has 0 atom stereocenters. The van der Waals surface area contributed by atoms with Gasteiger partial charge >= 0.3 is 5.97 Å². The third-order valence-electron chi connectivity index (χ3n) is 3.85. The van der Waals surface area contributed by atoms with E-state index in [1.54, 1.807) is 36.4 Å². The Morgan fingerprint density at radius 2 is 1.38 bits per heavy atom. The lowest BCUT2D eigenvalue weighted by Crippen LogP contribution is -2.32. The van der Waals surface area contributed by atoms with Gasteiger partial charge in [-0.05, 0) is 36.4 Å². The van der Waals surface area contributed by atoms with Gasteiger partial charge in [-0.3, -0.25) is 4.79 Å². The van der Waals surface area contributed by atoms with E-state index in [1.165, 1.54) is 0 Å². The Morgan fingerprint density at radius 1 is 0.759 bits per heavy atom. The minimum atomic E-state index is -0.632. The summed E-state index contributed by atoms with van der Waals surface area (Å²) in [5.41, 5.74) is 0.247. The first kappa shape index (κ1) is 19.9. The quantitative estimate of drug-likeness (QED) is 0.443. The summed E-state index contributed by atoms with van der Waals surface area (Å²) in [5, 5.41) is 2.64. The van der Waals surface area contributed by atoms with Gasteiger partial charge < -0.3 is 19.5 Å². The van der Waals surface area contributed by atoms with Crippen LogP contribution in [0, 0.1) is 0 Å². The van der Waals surface area contributed by atoms with Crippen LogP contribution in [0.4, 0.5) is 0 Å². The molecule has 29 heavy (non-hydrogen) atoms. The second-order valence-electron chi connectivity index (χ2n) is 6.00. The van der Waals surface area contributed by atoms with Crippen molar-refractivity contribution >= 4 is 11.9 Å². The Bertz CT molecular complexity index is 928. The van der Waals surface area contributed by atoms with Crippen molar-refractivity contribution in [2.24, 2.45) is 0 Å². The summed E-state index contributed by atoms with van der Waals surface area (Å²) >= 11 is 0. The van der Waals surface area contributed by atoms with E-state index in [0.29, 0.717) is 24.7 Å². The molecule has 0 aliphatic carbocycles. The normalized spacial score (nSPS) is 10.1. The van der Waals surface area contributed by atoms with Gasteiger partial charge in [0.15, 0.2) is 6.61 Å². The third kappa shape index (κ3) is 6.39. The summed E-state index contributed by atoms with van der Waals surface area (Å²) in [6.07, 6.45) is 0.